The van der Waals surface area contributed by atoms with Crippen LogP contribution in [0.3, 0.4) is 0 Å². The Hall–Kier alpha value is -1.12. The summed E-state index contributed by atoms with van der Waals surface area (Å²) in [4.78, 5) is 0. The predicted octanol–water partition coefficient (Wildman–Crippen LogP) is 2.47. The third kappa shape index (κ3) is 2.98. The van der Waals surface area contributed by atoms with Crippen LogP contribution >= 0.6 is 0 Å². The Morgan fingerprint density at radius 2 is 2.07 bits per heavy atom. The molecule has 0 saturated heterocycles. The van der Waals surface area contributed by atoms with E-state index in [0.717, 1.165) is 12.8 Å². The largest absolute Gasteiger partial charge is 0.271 e. The van der Waals surface area contributed by atoms with E-state index in [1.807, 2.05) is 6.08 Å². The molecule has 1 atom stereocenters. The summed E-state index contributed by atoms with van der Waals surface area (Å²) < 4.78 is 0. The van der Waals surface area contributed by atoms with Crippen molar-refractivity contribution in [3.63, 3.8) is 0 Å². The Labute approximate surface area is 85.8 Å². The molecule has 0 aliphatic heterocycles. The first kappa shape index (κ1) is 11.0. The Morgan fingerprint density at radius 1 is 1.43 bits per heavy atom. The highest BCUT2D eigenvalue weighted by Gasteiger charge is 2.07. The molecule has 0 spiro atoms. The second-order valence-electron chi connectivity index (χ2n) is 3.50. The van der Waals surface area contributed by atoms with Crippen LogP contribution in [0.5, 0.6) is 0 Å². The average molecular weight is 190 g/mol. The maximum absolute atomic E-state index is 5.50. The van der Waals surface area contributed by atoms with Crippen LogP contribution in [0.4, 0.5) is 0 Å². The van der Waals surface area contributed by atoms with Gasteiger partial charge in [0.15, 0.2) is 0 Å². The van der Waals surface area contributed by atoms with E-state index in [0.29, 0.717) is 0 Å². The molecule has 1 aromatic carbocycles. The molecule has 0 fully saturated rings. The van der Waals surface area contributed by atoms with Crippen molar-refractivity contribution in [2.75, 3.05) is 0 Å². The maximum atomic E-state index is 5.50. The highest BCUT2D eigenvalue weighted by atomic mass is 15.2. The summed E-state index contributed by atoms with van der Waals surface area (Å²) in [5.41, 5.74) is 5.33. The minimum atomic E-state index is 0.230. The van der Waals surface area contributed by atoms with Crippen LogP contribution in [0.15, 0.2) is 36.9 Å². The third-order valence-electron chi connectivity index (χ3n) is 2.34. The number of aryl methyl sites for hydroxylation is 1. The van der Waals surface area contributed by atoms with Gasteiger partial charge in [-0.25, -0.2) is 0 Å². The van der Waals surface area contributed by atoms with E-state index in [1.54, 1.807) is 0 Å². The van der Waals surface area contributed by atoms with Crippen molar-refractivity contribution in [3.8, 4) is 0 Å². The zero-order chi connectivity index (χ0) is 10.4. The molecule has 2 heteroatoms. The van der Waals surface area contributed by atoms with Crippen LogP contribution in [0.2, 0.25) is 0 Å². The lowest BCUT2D eigenvalue weighted by atomic mass is 10.0. The number of rotatable bonds is 5. The van der Waals surface area contributed by atoms with Crippen molar-refractivity contribution in [2.45, 2.75) is 25.8 Å². The fourth-order valence-electron chi connectivity index (χ4n) is 1.43. The quantitative estimate of drug-likeness (QED) is 0.425. The highest BCUT2D eigenvalue weighted by Crippen LogP contribution is 2.17. The third-order valence-corrected chi connectivity index (χ3v) is 2.34. The molecular formula is C12H18N2. The summed E-state index contributed by atoms with van der Waals surface area (Å²) in [6.07, 6.45) is 3.88. The van der Waals surface area contributed by atoms with E-state index in [1.165, 1.54) is 11.1 Å². The van der Waals surface area contributed by atoms with Gasteiger partial charge in [-0.1, -0.05) is 35.9 Å². The Bertz CT molecular complexity index is 277. The Morgan fingerprint density at radius 3 is 2.57 bits per heavy atom. The van der Waals surface area contributed by atoms with E-state index >= 15 is 0 Å². The van der Waals surface area contributed by atoms with Crippen molar-refractivity contribution >= 4 is 0 Å². The molecular weight excluding hydrogens is 172 g/mol. The summed E-state index contributed by atoms with van der Waals surface area (Å²) in [6.45, 7) is 5.79. The minimum absolute atomic E-state index is 0.230. The van der Waals surface area contributed by atoms with Crippen molar-refractivity contribution in [3.05, 3.63) is 48.0 Å². The van der Waals surface area contributed by atoms with Gasteiger partial charge in [-0.2, -0.15) is 0 Å². The summed E-state index contributed by atoms with van der Waals surface area (Å²) in [7, 11) is 0. The van der Waals surface area contributed by atoms with Gasteiger partial charge in [0.25, 0.3) is 0 Å². The minimum Gasteiger partial charge on any atom is -0.271 e. The lowest BCUT2D eigenvalue weighted by Gasteiger charge is -2.15. The molecule has 14 heavy (non-hydrogen) atoms. The lowest BCUT2D eigenvalue weighted by Crippen LogP contribution is -2.27. The monoisotopic (exact) mass is 190 g/mol. The molecule has 0 aliphatic carbocycles. The highest BCUT2D eigenvalue weighted by molar-refractivity contribution is 5.24. The second-order valence-corrected chi connectivity index (χ2v) is 3.50. The van der Waals surface area contributed by atoms with Crippen LogP contribution in [0.1, 0.15) is 30.0 Å². The van der Waals surface area contributed by atoms with Gasteiger partial charge in [-0.15, -0.1) is 6.58 Å². The van der Waals surface area contributed by atoms with E-state index in [-0.39, 0.29) is 6.04 Å². The zero-order valence-corrected chi connectivity index (χ0v) is 8.66. The number of allylic oxidation sites excluding steroid dienone is 1. The van der Waals surface area contributed by atoms with Gasteiger partial charge < -0.3 is 0 Å². The van der Waals surface area contributed by atoms with E-state index in [9.17, 15) is 0 Å². The summed E-state index contributed by atoms with van der Waals surface area (Å²) in [6, 6.07) is 8.67. The van der Waals surface area contributed by atoms with Gasteiger partial charge in [0.2, 0.25) is 0 Å². The number of hydrazine groups is 1. The molecule has 0 bridgehead atoms. The molecule has 3 N–H and O–H groups in total. The van der Waals surface area contributed by atoms with Gasteiger partial charge in [0.1, 0.15) is 0 Å². The maximum Gasteiger partial charge on any atom is 0.0462 e. The van der Waals surface area contributed by atoms with E-state index < -0.39 is 0 Å². The molecule has 0 saturated carbocycles. The van der Waals surface area contributed by atoms with Crippen molar-refractivity contribution in [1.82, 2.24) is 5.43 Å². The SMILES string of the molecule is C=CCCC(NN)c1ccc(C)cc1. The van der Waals surface area contributed by atoms with Gasteiger partial charge in [-0.3, -0.25) is 11.3 Å². The van der Waals surface area contributed by atoms with Crippen LogP contribution in [-0.2, 0) is 0 Å². The topological polar surface area (TPSA) is 38.0 Å². The number of nitrogens with one attached hydrogen (secondary N) is 1. The number of nitrogens with two attached hydrogens (primary N) is 1. The summed E-state index contributed by atoms with van der Waals surface area (Å²) in [5.74, 6) is 5.50. The zero-order valence-electron chi connectivity index (χ0n) is 8.66. The molecule has 2 nitrogen and oxygen atoms in total. The first-order valence-electron chi connectivity index (χ1n) is 4.91. The lowest BCUT2D eigenvalue weighted by molar-refractivity contribution is 0.521. The van der Waals surface area contributed by atoms with Gasteiger partial charge in [0.05, 0.1) is 0 Å². The summed E-state index contributed by atoms with van der Waals surface area (Å²) >= 11 is 0. The average Bonchev–Trinajstić information content (AvgIpc) is 2.21. The molecule has 0 aliphatic rings. The normalized spacial score (nSPS) is 12.4. The van der Waals surface area contributed by atoms with Crippen LogP contribution in [-0.4, -0.2) is 0 Å². The molecule has 0 radical (unpaired) electrons. The van der Waals surface area contributed by atoms with E-state index in [4.69, 9.17) is 5.84 Å². The smallest absolute Gasteiger partial charge is 0.0462 e. The number of benzene rings is 1. The molecule has 76 valence electrons. The number of hydrogen-bond donors (Lipinski definition) is 2. The molecule has 0 aromatic heterocycles. The van der Waals surface area contributed by atoms with Gasteiger partial charge >= 0.3 is 0 Å². The Balaban J connectivity index is 2.68. The fourth-order valence-corrected chi connectivity index (χ4v) is 1.43. The van der Waals surface area contributed by atoms with Gasteiger partial charge in [-0.05, 0) is 25.3 Å². The van der Waals surface area contributed by atoms with Crippen LogP contribution in [0.25, 0.3) is 0 Å². The van der Waals surface area contributed by atoms with Crippen molar-refractivity contribution < 1.29 is 0 Å². The van der Waals surface area contributed by atoms with Crippen LogP contribution in [0, 0.1) is 6.92 Å². The summed E-state index contributed by atoms with van der Waals surface area (Å²) in [5, 5.41) is 0. The second kappa shape index (κ2) is 5.58. The van der Waals surface area contributed by atoms with Crippen molar-refractivity contribution in [1.29, 1.82) is 0 Å². The fraction of sp³-hybridized carbons (Fsp3) is 0.333. The van der Waals surface area contributed by atoms with E-state index in [2.05, 4.69) is 43.2 Å². The molecule has 0 heterocycles. The predicted molar refractivity (Wildman–Crippen MR) is 60.7 cm³/mol. The Kier molecular flexibility index (Phi) is 4.36. The standard InChI is InChI=1S/C12H18N2/c1-3-4-5-12(14-13)11-8-6-10(2)7-9-11/h3,6-9,12,14H,1,4-5,13H2,2H3. The first-order valence-corrected chi connectivity index (χ1v) is 4.91. The molecule has 1 rings (SSSR count). The van der Waals surface area contributed by atoms with Crippen molar-refractivity contribution in [2.24, 2.45) is 5.84 Å². The van der Waals surface area contributed by atoms with Crippen LogP contribution < -0.4 is 11.3 Å². The molecule has 1 aromatic rings. The first-order chi connectivity index (χ1) is 6.77. The van der Waals surface area contributed by atoms with Gasteiger partial charge in [0, 0.05) is 6.04 Å². The molecule has 1 unspecified atom stereocenters. The number of hydrogen-bond acceptors (Lipinski definition) is 2. The molecule has 0 amide bonds.